The van der Waals surface area contributed by atoms with E-state index in [1.165, 1.54) is 5.56 Å². The minimum Gasteiger partial charge on any atom is -0.271 e. The second-order valence-corrected chi connectivity index (χ2v) is 5.97. The Kier molecular flexibility index (Phi) is 4.96. The third kappa shape index (κ3) is 2.95. The monoisotopic (exact) mass is 336 g/mol. The second kappa shape index (κ2) is 6.52. The maximum atomic E-state index is 5.77. The number of hydrogen-bond donors (Lipinski definition) is 2. The fraction of sp³-hybridized carbons (Fsp3) is 0.400. The molecule has 1 aromatic carbocycles. The molecule has 0 saturated carbocycles. The minimum atomic E-state index is -0.0759. The van der Waals surface area contributed by atoms with Gasteiger partial charge in [0.1, 0.15) is 0 Å². The van der Waals surface area contributed by atoms with Crippen molar-refractivity contribution in [2.24, 2.45) is 5.84 Å². The van der Waals surface area contributed by atoms with Gasteiger partial charge in [0, 0.05) is 6.54 Å². The third-order valence-corrected chi connectivity index (χ3v) is 4.12. The summed E-state index contributed by atoms with van der Waals surface area (Å²) in [6.45, 7) is 7.26. The van der Waals surface area contributed by atoms with Gasteiger partial charge in [0.05, 0.1) is 22.4 Å². The highest BCUT2D eigenvalue weighted by molar-refractivity contribution is 9.10. The van der Waals surface area contributed by atoms with Crippen LogP contribution in [0.4, 0.5) is 0 Å². The lowest BCUT2D eigenvalue weighted by molar-refractivity contribution is 0.542. The Hall–Kier alpha value is -1.17. The van der Waals surface area contributed by atoms with Crippen molar-refractivity contribution in [3.63, 3.8) is 0 Å². The van der Waals surface area contributed by atoms with Crippen LogP contribution in [0.15, 0.2) is 34.9 Å². The standard InChI is InChI=1S/C15H21BrN4/c1-4-20-15(13(16)9-18-20)14(19-17)12-7-5-11(6-8-12)10(2)3/h5-10,14,19H,4,17H2,1-3H3. The highest BCUT2D eigenvalue weighted by Crippen LogP contribution is 2.29. The lowest BCUT2D eigenvalue weighted by atomic mass is 9.98. The van der Waals surface area contributed by atoms with Crippen LogP contribution in [0.3, 0.4) is 0 Å². The van der Waals surface area contributed by atoms with Crippen LogP contribution in [0.25, 0.3) is 0 Å². The number of aryl methyl sites for hydroxylation is 1. The van der Waals surface area contributed by atoms with Crippen molar-refractivity contribution < 1.29 is 0 Å². The number of aromatic nitrogens is 2. The van der Waals surface area contributed by atoms with Gasteiger partial charge in [-0.25, -0.2) is 5.43 Å². The van der Waals surface area contributed by atoms with Crippen molar-refractivity contribution in [2.75, 3.05) is 0 Å². The van der Waals surface area contributed by atoms with E-state index in [9.17, 15) is 0 Å². The molecule has 0 radical (unpaired) electrons. The van der Waals surface area contributed by atoms with Gasteiger partial charge in [0.25, 0.3) is 0 Å². The summed E-state index contributed by atoms with van der Waals surface area (Å²) in [4.78, 5) is 0. The van der Waals surface area contributed by atoms with E-state index in [-0.39, 0.29) is 6.04 Å². The number of hydrazine groups is 1. The van der Waals surface area contributed by atoms with Gasteiger partial charge < -0.3 is 0 Å². The van der Waals surface area contributed by atoms with Crippen molar-refractivity contribution >= 4 is 15.9 Å². The molecule has 0 fully saturated rings. The van der Waals surface area contributed by atoms with Crippen LogP contribution >= 0.6 is 15.9 Å². The van der Waals surface area contributed by atoms with Gasteiger partial charge in [0.2, 0.25) is 0 Å². The Balaban J connectivity index is 2.39. The van der Waals surface area contributed by atoms with E-state index in [4.69, 9.17) is 5.84 Å². The molecule has 0 spiro atoms. The predicted molar refractivity (Wildman–Crippen MR) is 85.3 cm³/mol. The summed E-state index contributed by atoms with van der Waals surface area (Å²) in [5.74, 6) is 6.30. The molecule has 1 unspecified atom stereocenters. The first-order valence-electron chi connectivity index (χ1n) is 6.85. The van der Waals surface area contributed by atoms with Crippen LogP contribution in [-0.4, -0.2) is 9.78 Å². The lowest BCUT2D eigenvalue weighted by Gasteiger charge is -2.19. The molecular weight excluding hydrogens is 316 g/mol. The first-order chi connectivity index (χ1) is 9.58. The number of nitrogens with two attached hydrogens (primary N) is 1. The van der Waals surface area contributed by atoms with E-state index in [1.54, 1.807) is 0 Å². The molecule has 1 heterocycles. The molecular formula is C15H21BrN4. The summed E-state index contributed by atoms with van der Waals surface area (Å²) in [5.41, 5.74) is 6.40. The van der Waals surface area contributed by atoms with Crippen LogP contribution in [0.5, 0.6) is 0 Å². The largest absolute Gasteiger partial charge is 0.271 e. The number of nitrogens with one attached hydrogen (secondary N) is 1. The Morgan fingerprint density at radius 1 is 1.25 bits per heavy atom. The smallest absolute Gasteiger partial charge is 0.0889 e. The average Bonchev–Trinajstić information content (AvgIpc) is 2.82. The zero-order chi connectivity index (χ0) is 14.7. The van der Waals surface area contributed by atoms with E-state index < -0.39 is 0 Å². The molecule has 2 aromatic rings. The number of nitrogens with zero attached hydrogens (tertiary/aromatic N) is 2. The quantitative estimate of drug-likeness (QED) is 0.650. The molecule has 2 rings (SSSR count). The van der Waals surface area contributed by atoms with Crippen molar-refractivity contribution in [3.8, 4) is 0 Å². The highest BCUT2D eigenvalue weighted by Gasteiger charge is 2.20. The third-order valence-electron chi connectivity index (χ3n) is 3.51. The molecule has 1 aromatic heterocycles. The second-order valence-electron chi connectivity index (χ2n) is 5.11. The summed E-state index contributed by atoms with van der Waals surface area (Å²) in [7, 11) is 0. The number of halogens is 1. The summed E-state index contributed by atoms with van der Waals surface area (Å²) >= 11 is 3.56. The Labute approximate surface area is 128 Å². The molecule has 3 N–H and O–H groups in total. The molecule has 108 valence electrons. The normalized spacial score (nSPS) is 12.9. The zero-order valence-electron chi connectivity index (χ0n) is 12.1. The van der Waals surface area contributed by atoms with Gasteiger partial charge in [-0.05, 0) is 39.9 Å². The van der Waals surface area contributed by atoms with Crippen LogP contribution in [0.1, 0.15) is 49.6 Å². The van der Waals surface area contributed by atoms with E-state index >= 15 is 0 Å². The summed E-state index contributed by atoms with van der Waals surface area (Å²) < 4.78 is 2.92. The first-order valence-corrected chi connectivity index (χ1v) is 7.65. The molecule has 0 saturated heterocycles. The van der Waals surface area contributed by atoms with E-state index in [2.05, 4.69) is 71.5 Å². The first kappa shape index (κ1) is 15.2. The molecule has 0 aliphatic carbocycles. The molecule has 20 heavy (non-hydrogen) atoms. The Bertz CT molecular complexity index is 560. The Morgan fingerprint density at radius 3 is 2.35 bits per heavy atom. The van der Waals surface area contributed by atoms with Crippen LogP contribution in [-0.2, 0) is 6.54 Å². The number of benzene rings is 1. The fourth-order valence-electron chi connectivity index (χ4n) is 2.32. The van der Waals surface area contributed by atoms with Gasteiger partial charge in [-0.2, -0.15) is 5.10 Å². The Morgan fingerprint density at radius 2 is 1.85 bits per heavy atom. The highest BCUT2D eigenvalue weighted by atomic mass is 79.9. The average molecular weight is 337 g/mol. The topological polar surface area (TPSA) is 55.9 Å². The van der Waals surface area contributed by atoms with Gasteiger partial charge in [-0.3, -0.25) is 10.5 Å². The lowest BCUT2D eigenvalue weighted by Crippen LogP contribution is -2.31. The van der Waals surface area contributed by atoms with Crippen molar-refractivity contribution in [1.82, 2.24) is 15.2 Å². The van der Waals surface area contributed by atoms with Gasteiger partial charge in [0.15, 0.2) is 0 Å². The summed E-state index contributed by atoms with van der Waals surface area (Å²) in [5, 5.41) is 4.35. The minimum absolute atomic E-state index is 0.0759. The summed E-state index contributed by atoms with van der Waals surface area (Å²) in [6, 6.07) is 8.49. The fourth-order valence-corrected chi connectivity index (χ4v) is 2.84. The van der Waals surface area contributed by atoms with Crippen molar-refractivity contribution in [2.45, 2.75) is 39.3 Å². The van der Waals surface area contributed by atoms with Gasteiger partial charge >= 0.3 is 0 Å². The van der Waals surface area contributed by atoms with Gasteiger partial charge in [-0.1, -0.05) is 38.1 Å². The van der Waals surface area contributed by atoms with E-state index in [1.807, 2.05) is 10.9 Å². The molecule has 0 bridgehead atoms. The molecule has 5 heteroatoms. The molecule has 0 aliphatic rings. The van der Waals surface area contributed by atoms with Crippen molar-refractivity contribution in [1.29, 1.82) is 0 Å². The summed E-state index contributed by atoms with van der Waals surface area (Å²) in [6.07, 6.45) is 1.81. The number of hydrogen-bond acceptors (Lipinski definition) is 3. The zero-order valence-corrected chi connectivity index (χ0v) is 13.7. The predicted octanol–water partition coefficient (Wildman–Crippen LogP) is 3.34. The van der Waals surface area contributed by atoms with Gasteiger partial charge in [-0.15, -0.1) is 0 Å². The molecule has 0 aliphatic heterocycles. The molecule has 0 amide bonds. The van der Waals surface area contributed by atoms with Crippen LogP contribution < -0.4 is 11.3 Å². The van der Waals surface area contributed by atoms with Crippen LogP contribution in [0, 0.1) is 0 Å². The maximum absolute atomic E-state index is 5.77. The van der Waals surface area contributed by atoms with Crippen molar-refractivity contribution in [3.05, 3.63) is 51.8 Å². The SMILES string of the molecule is CCn1ncc(Br)c1C(NN)c1ccc(C(C)C)cc1. The molecule has 1 atom stereocenters. The number of rotatable bonds is 5. The van der Waals surface area contributed by atoms with E-state index in [0.717, 1.165) is 22.3 Å². The maximum Gasteiger partial charge on any atom is 0.0889 e. The molecule has 4 nitrogen and oxygen atoms in total. The van der Waals surface area contributed by atoms with E-state index in [0.29, 0.717) is 5.92 Å². The van der Waals surface area contributed by atoms with Crippen LogP contribution in [0.2, 0.25) is 0 Å².